The molecule has 28 heavy (non-hydrogen) atoms. The molecule has 2 N–H and O–H groups in total. The summed E-state index contributed by atoms with van der Waals surface area (Å²) >= 11 is 1.60. The van der Waals surface area contributed by atoms with Crippen molar-refractivity contribution in [3.8, 4) is 0 Å². The maximum atomic E-state index is 12.9. The average molecular weight is 401 g/mol. The number of aromatic amines is 1. The van der Waals surface area contributed by atoms with Gasteiger partial charge in [0.25, 0.3) is 5.91 Å². The lowest BCUT2D eigenvalue weighted by atomic mass is 10.1. The molecule has 0 aliphatic heterocycles. The summed E-state index contributed by atoms with van der Waals surface area (Å²) in [5.41, 5.74) is 0.136. The Morgan fingerprint density at radius 2 is 1.93 bits per heavy atom. The third-order valence-corrected chi connectivity index (χ3v) is 5.34. The number of carbonyl (C=O) groups excluding carboxylic acids is 1. The van der Waals surface area contributed by atoms with Gasteiger partial charge in [0.2, 0.25) is 0 Å². The molecule has 1 aromatic heterocycles. The Morgan fingerprint density at radius 1 is 1.18 bits per heavy atom. The highest BCUT2D eigenvalue weighted by Crippen LogP contribution is 2.18. The van der Waals surface area contributed by atoms with E-state index in [1.54, 1.807) is 49.0 Å². The first-order chi connectivity index (χ1) is 13.5. The van der Waals surface area contributed by atoms with E-state index in [-0.39, 0.29) is 11.7 Å². The third kappa shape index (κ3) is 4.51. The highest BCUT2D eigenvalue weighted by atomic mass is 32.2. The number of aryl methyl sites for hydroxylation is 1. The zero-order chi connectivity index (χ0) is 20.1. The summed E-state index contributed by atoms with van der Waals surface area (Å²) in [6.45, 7) is 2.65. The second kappa shape index (κ2) is 8.88. The fourth-order valence-electron chi connectivity index (χ4n) is 2.83. The van der Waals surface area contributed by atoms with Gasteiger partial charge in [-0.3, -0.25) is 14.4 Å². The molecule has 3 aromatic rings. The van der Waals surface area contributed by atoms with E-state index in [0.29, 0.717) is 29.7 Å². The van der Waals surface area contributed by atoms with E-state index in [9.17, 15) is 18.8 Å². The number of nitrogens with zero attached hydrogens (tertiary/aromatic N) is 1. The van der Waals surface area contributed by atoms with Crippen LogP contribution in [0, 0.1) is 5.82 Å². The lowest BCUT2D eigenvalue weighted by Crippen LogP contribution is -2.36. The van der Waals surface area contributed by atoms with Crippen LogP contribution in [0.4, 0.5) is 4.39 Å². The SMILES string of the molecule is CCn1c(=O)c(=O)[nH]c2cc(C(=O)NCCCSc3ccc(F)cc3)ccc21. The molecule has 2 aromatic carbocycles. The number of benzene rings is 2. The molecule has 0 saturated carbocycles. The largest absolute Gasteiger partial charge is 0.352 e. The molecule has 6 nitrogen and oxygen atoms in total. The molecule has 146 valence electrons. The number of H-pyrrole nitrogens is 1. The quantitative estimate of drug-likeness (QED) is 0.362. The number of rotatable bonds is 7. The van der Waals surface area contributed by atoms with Crippen LogP contribution >= 0.6 is 11.8 Å². The lowest BCUT2D eigenvalue weighted by molar-refractivity contribution is 0.0954. The summed E-state index contributed by atoms with van der Waals surface area (Å²) in [7, 11) is 0. The Bertz CT molecular complexity index is 1110. The summed E-state index contributed by atoms with van der Waals surface area (Å²) in [5, 5.41) is 2.84. The van der Waals surface area contributed by atoms with Crippen LogP contribution in [0.25, 0.3) is 11.0 Å². The van der Waals surface area contributed by atoms with Crippen molar-refractivity contribution in [2.45, 2.75) is 24.8 Å². The first-order valence-corrected chi connectivity index (χ1v) is 9.91. The van der Waals surface area contributed by atoms with Crippen molar-refractivity contribution in [3.63, 3.8) is 0 Å². The maximum absolute atomic E-state index is 12.9. The number of aromatic nitrogens is 2. The van der Waals surface area contributed by atoms with Gasteiger partial charge >= 0.3 is 11.1 Å². The molecule has 3 rings (SSSR count). The van der Waals surface area contributed by atoms with Gasteiger partial charge in [0, 0.05) is 23.5 Å². The monoisotopic (exact) mass is 401 g/mol. The van der Waals surface area contributed by atoms with Gasteiger partial charge in [-0.1, -0.05) is 0 Å². The standard InChI is InChI=1S/C20H20FN3O3S/c1-2-24-17-9-4-13(12-16(17)23-19(26)20(24)27)18(25)22-10-3-11-28-15-7-5-14(21)6-8-15/h4-9,12H,2-3,10-11H2,1H3,(H,22,25)(H,23,26). The van der Waals surface area contributed by atoms with Crippen molar-refractivity contribution in [2.24, 2.45) is 0 Å². The number of hydrogen-bond acceptors (Lipinski definition) is 4. The maximum Gasteiger partial charge on any atom is 0.316 e. The Kier molecular flexibility index (Phi) is 6.30. The van der Waals surface area contributed by atoms with Crippen molar-refractivity contribution in [3.05, 3.63) is 74.6 Å². The summed E-state index contributed by atoms with van der Waals surface area (Å²) in [5.74, 6) is 0.285. The van der Waals surface area contributed by atoms with E-state index in [4.69, 9.17) is 0 Å². The fourth-order valence-corrected chi connectivity index (χ4v) is 3.68. The molecule has 0 radical (unpaired) electrons. The van der Waals surface area contributed by atoms with E-state index in [0.717, 1.165) is 17.1 Å². The van der Waals surface area contributed by atoms with Crippen molar-refractivity contribution in [1.29, 1.82) is 0 Å². The first kappa shape index (κ1) is 19.9. The van der Waals surface area contributed by atoms with Crippen molar-refractivity contribution in [2.75, 3.05) is 12.3 Å². The zero-order valence-corrected chi connectivity index (χ0v) is 16.1. The predicted octanol–water partition coefficient (Wildman–Crippen LogP) is 2.76. The Hall–Kier alpha value is -2.87. The van der Waals surface area contributed by atoms with Crippen LogP contribution in [-0.2, 0) is 6.54 Å². The van der Waals surface area contributed by atoms with Gasteiger partial charge in [0.05, 0.1) is 11.0 Å². The van der Waals surface area contributed by atoms with Crippen molar-refractivity contribution >= 4 is 28.7 Å². The summed E-state index contributed by atoms with van der Waals surface area (Å²) < 4.78 is 14.2. The molecule has 1 amide bonds. The Balaban J connectivity index is 1.59. The Labute approximate surface area is 164 Å². The van der Waals surface area contributed by atoms with E-state index >= 15 is 0 Å². The third-order valence-electron chi connectivity index (χ3n) is 4.24. The van der Waals surface area contributed by atoms with E-state index in [1.165, 1.54) is 16.7 Å². The molecule has 0 unspecified atom stereocenters. The van der Waals surface area contributed by atoms with Crippen LogP contribution in [-0.4, -0.2) is 27.8 Å². The Morgan fingerprint density at radius 3 is 2.64 bits per heavy atom. The number of thioether (sulfide) groups is 1. The number of amides is 1. The second-order valence-electron chi connectivity index (χ2n) is 6.15. The van der Waals surface area contributed by atoms with E-state index < -0.39 is 11.1 Å². The fraction of sp³-hybridized carbons (Fsp3) is 0.250. The number of nitrogens with one attached hydrogen (secondary N) is 2. The van der Waals surface area contributed by atoms with Crippen LogP contribution < -0.4 is 16.4 Å². The van der Waals surface area contributed by atoms with Crippen molar-refractivity contribution in [1.82, 2.24) is 14.9 Å². The highest BCUT2D eigenvalue weighted by molar-refractivity contribution is 7.99. The van der Waals surface area contributed by atoms with Gasteiger partial charge in [0.1, 0.15) is 5.82 Å². The van der Waals surface area contributed by atoms with Crippen LogP contribution in [0.5, 0.6) is 0 Å². The highest BCUT2D eigenvalue weighted by Gasteiger charge is 2.10. The topological polar surface area (TPSA) is 84.0 Å². The minimum absolute atomic E-state index is 0.247. The minimum Gasteiger partial charge on any atom is -0.352 e. The van der Waals surface area contributed by atoms with Gasteiger partial charge in [-0.05, 0) is 61.6 Å². The van der Waals surface area contributed by atoms with E-state index in [2.05, 4.69) is 10.3 Å². The molecule has 0 spiro atoms. The second-order valence-corrected chi connectivity index (χ2v) is 7.32. The average Bonchev–Trinajstić information content (AvgIpc) is 2.69. The summed E-state index contributed by atoms with van der Waals surface area (Å²) in [6, 6.07) is 11.2. The van der Waals surface area contributed by atoms with Crippen LogP contribution in [0.1, 0.15) is 23.7 Å². The molecule has 0 saturated heterocycles. The zero-order valence-electron chi connectivity index (χ0n) is 15.3. The minimum atomic E-state index is -0.704. The summed E-state index contributed by atoms with van der Waals surface area (Å²) in [4.78, 5) is 39.5. The first-order valence-electron chi connectivity index (χ1n) is 8.93. The molecule has 0 aliphatic carbocycles. The molecule has 1 heterocycles. The van der Waals surface area contributed by atoms with Crippen LogP contribution in [0.15, 0.2) is 56.9 Å². The normalized spacial score (nSPS) is 10.9. The van der Waals surface area contributed by atoms with Gasteiger partial charge in [0.15, 0.2) is 0 Å². The predicted molar refractivity (Wildman–Crippen MR) is 109 cm³/mol. The molecule has 8 heteroatoms. The van der Waals surface area contributed by atoms with E-state index in [1.807, 2.05) is 0 Å². The molecule has 0 fully saturated rings. The van der Waals surface area contributed by atoms with Gasteiger partial charge < -0.3 is 14.9 Å². The number of hydrogen-bond donors (Lipinski definition) is 2. The smallest absolute Gasteiger partial charge is 0.316 e. The molecule has 0 atom stereocenters. The van der Waals surface area contributed by atoms with Crippen molar-refractivity contribution < 1.29 is 9.18 Å². The van der Waals surface area contributed by atoms with Crippen LogP contribution in [0.3, 0.4) is 0 Å². The number of halogens is 1. The van der Waals surface area contributed by atoms with Crippen LogP contribution in [0.2, 0.25) is 0 Å². The molecule has 0 aliphatic rings. The lowest BCUT2D eigenvalue weighted by Gasteiger charge is -2.09. The van der Waals surface area contributed by atoms with Gasteiger partial charge in [-0.15, -0.1) is 11.8 Å². The van der Waals surface area contributed by atoms with Gasteiger partial charge in [-0.25, -0.2) is 4.39 Å². The summed E-state index contributed by atoms with van der Waals surface area (Å²) in [6.07, 6.45) is 0.758. The number of fused-ring (bicyclic) bond motifs is 1. The molecular weight excluding hydrogens is 381 g/mol. The molecule has 0 bridgehead atoms. The molecular formula is C20H20FN3O3S. The van der Waals surface area contributed by atoms with Gasteiger partial charge in [-0.2, -0.15) is 0 Å². The number of carbonyl (C=O) groups is 1.